The Labute approximate surface area is 134 Å². The number of carbonyl (C=O) groups is 1. The molecule has 1 fully saturated rings. The van der Waals surface area contributed by atoms with E-state index in [1.807, 2.05) is 4.90 Å². The Bertz CT molecular complexity index is 492. The van der Waals surface area contributed by atoms with E-state index in [0.717, 1.165) is 19.3 Å². The van der Waals surface area contributed by atoms with Crippen molar-refractivity contribution in [2.24, 2.45) is 0 Å². The van der Waals surface area contributed by atoms with Crippen LogP contribution in [0.25, 0.3) is 0 Å². The second-order valence-electron chi connectivity index (χ2n) is 5.11. The molecule has 0 aliphatic heterocycles. The number of carbonyl (C=O) groups excluding carboxylic acids is 1. The number of rotatable bonds is 7. The average molecular weight is 332 g/mol. The summed E-state index contributed by atoms with van der Waals surface area (Å²) < 4.78 is 5.49. The molecular weight excluding hydrogens is 313 g/mol. The molecule has 1 saturated carbocycles. The zero-order valence-electron chi connectivity index (χ0n) is 11.7. The molecule has 21 heavy (non-hydrogen) atoms. The van der Waals surface area contributed by atoms with Gasteiger partial charge in [-0.05, 0) is 43.9 Å². The minimum atomic E-state index is -0.0702. The lowest BCUT2D eigenvalue weighted by Crippen LogP contribution is -2.46. The monoisotopic (exact) mass is 331 g/mol. The van der Waals surface area contributed by atoms with Crippen LogP contribution in [0.15, 0.2) is 18.2 Å². The predicted molar refractivity (Wildman–Crippen MR) is 83.0 cm³/mol. The third-order valence-corrected chi connectivity index (χ3v) is 4.17. The Morgan fingerprint density at radius 3 is 2.71 bits per heavy atom. The van der Waals surface area contributed by atoms with Crippen LogP contribution in [0, 0.1) is 0 Å². The van der Waals surface area contributed by atoms with Gasteiger partial charge in [-0.1, -0.05) is 23.2 Å². The van der Waals surface area contributed by atoms with Crippen LogP contribution < -0.4 is 4.74 Å². The maximum Gasteiger partial charge on any atom is 0.260 e. The summed E-state index contributed by atoms with van der Waals surface area (Å²) in [5.74, 6) is 0.379. The normalized spacial score (nSPS) is 14.6. The van der Waals surface area contributed by atoms with E-state index in [4.69, 9.17) is 33.0 Å². The van der Waals surface area contributed by atoms with E-state index in [0.29, 0.717) is 28.8 Å². The standard InChI is InChI=1S/C15H19Cl2NO3/c16-11-5-6-14(13(17)9-11)21-10-15(20)18(7-2-8-19)12-3-1-4-12/h5-6,9,12,19H,1-4,7-8,10H2. The lowest BCUT2D eigenvalue weighted by atomic mass is 9.91. The van der Waals surface area contributed by atoms with E-state index in [1.165, 1.54) is 0 Å². The second-order valence-corrected chi connectivity index (χ2v) is 5.96. The Morgan fingerprint density at radius 1 is 1.38 bits per heavy atom. The molecule has 0 saturated heterocycles. The highest BCUT2D eigenvalue weighted by Gasteiger charge is 2.28. The van der Waals surface area contributed by atoms with Gasteiger partial charge in [0, 0.05) is 24.2 Å². The molecule has 1 aliphatic carbocycles. The number of hydrogen-bond acceptors (Lipinski definition) is 3. The Morgan fingerprint density at radius 2 is 2.14 bits per heavy atom. The minimum absolute atomic E-state index is 0.0523. The summed E-state index contributed by atoms with van der Waals surface area (Å²) in [7, 11) is 0. The number of ether oxygens (including phenoxy) is 1. The molecule has 1 amide bonds. The fourth-order valence-corrected chi connectivity index (χ4v) is 2.73. The summed E-state index contributed by atoms with van der Waals surface area (Å²) in [5.41, 5.74) is 0. The molecule has 0 unspecified atom stereocenters. The molecule has 1 aliphatic rings. The van der Waals surface area contributed by atoms with Crippen molar-refractivity contribution >= 4 is 29.1 Å². The van der Waals surface area contributed by atoms with E-state index >= 15 is 0 Å². The molecule has 4 nitrogen and oxygen atoms in total. The van der Waals surface area contributed by atoms with Crippen molar-refractivity contribution in [1.29, 1.82) is 0 Å². The fraction of sp³-hybridized carbons (Fsp3) is 0.533. The van der Waals surface area contributed by atoms with Gasteiger partial charge in [0.15, 0.2) is 6.61 Å². The van der Waals surface area contributed by atoms with Crippen molar-refractivity contribution < 1.29 is 14.6 Å². The zero-order chi connectivity index (χ0) is 15.2. The van der Waals surface area contributed by atoms with Crippen molar-refractivity contribution in [3.63, 3.8) is 0 Å². The zero-order valence-corrected chi connectivity index (χ0v) is 13.2. The number of halogens is 2. The van der Waals surface area contributed by atoms with E-state index < -0.39 is 0 Å². The molecule has 1 aromatic rings. The molecular formula is C15H19Cl2NO3. The van der Waals surface area contributed by atoms with Crippen molar-refractivity contribution in [3.05, 3.63) is 28.2 Å². The largest absolute Gasteiger partial charge is 0.482 e. The summed E-state index contributed by atoms with van der Waals surface area (Å²) in [5, 5.41) is 9.86. The molecule has 0 bridgehead atoms. The van der Waals surface area contributed by atoms with Gasteiger partial charge >= 0.3 is 0 Å². The Balaban J connectivity index is 1.91. The van der Waals surface area contributed by atoms with Crippen LogP contribution >= 0.6 is 23.2 Å². The van der Waals surface area contributed by atoms with E-state index in [1.54, 1.807) is 18.2 Å². The first-order valence-corrected chi connectivity index (χ1v) is 7.85. The molecule has 2 rings (SSSR count). The van der Waals surface area contributed by atoms with Crippen LogP contribution in [0.5, 0.6) is 5.75 Å². The summed E-state index contributed by atoms with van der Waals surface area (Å²) in [4.78, 5) is 14.1. The van der Waals surface area contributed by atoms with E-state index in [2.05, 4.69) is 0 Å². The first kappa shape index (κ1) is 16.4. The third kappa shape index (κ3) is 4.50. The van der Waals surface area contributed by atoms with Crippen molar-refractivity contribution in [2.75, 3.05) is 19.8 Å². The van der Waals surface area contributed by atoms with Crippen LogP contribution in [-0.4, -0.2) is 41.7 Å². The highest BCUT2D eigenvalue weighted by molar-refractivity contribution is 6.35. The van der Waals surface area contributed by atoms with Gasteiger partial charge in [0.05, 0.1) is 5.02 Å². The quantitative estimate of drug-likeness (QED) is 0.835. The van der Waals surface area contributed by atoms with Gasteiger partial charge in [-0.3, -0.25) is 4.79 Å². The SMILES string of the molecule is O=C(COc1ccc(Cl)cc1Cl)N(CCCO)C1CCC1. The van der Waals surface area contributed by atoms with Gasteiger partial charge in [0.25, 0.3) is 5.91 Å². The number of nitrogens with zero attached hydrogens (tertiary/aromatic N) is 1. The smallest absolute Gasteiger partial charge is 0.260 e. The molecule has 116 valence electrons. The predicted octanol–water partition coefficient (Wildman–Crippen LogP) is 3.14. The van der Waals surface area contributed by atoms with Crippen molar-refractivity contribution in [3.8, 4) is 5.75 Å². The number of benzene rings is 1. The van der Waals surface area contributed by atoms with Crippen LogP contribution in [0.4, 0.5) is 0 Å². The lowest BCUT2D eigenvalue weighted by Gasteiger charge is -2.37. The average Bonchev–Trinajstić information content (AvgIpc) is 2.40. The fourth-order valence-electron chi connectivity index (χ4n) is 2.27. The summed E-state index contributed by atoms with van der Waals surface area (Å²) in [6.07, 6.45) is 3.79. The number of hydrogen-bond donors (Lipinski definition) is 1. The van der Waals surface area contributed by atoms with Gasteiger partial charge in [-0.25, -0.2) is 0 Å². The van der Waals surface area contributed by atoms with Crippen molar-refractivity contribution in [2.45, 2.75) is 31.7 Å². The van der Waals surface area contributed by atoms with Gasteiger partial charge in [-0.15, -0.1) is 0 Å². The lowest BCUT2D eigenvalue weighted by molar-refractivity contribution is -0.137. The van der Waals surface area contributed by atoms with Gasteiger partial charge in [0.1, 0.15) is 5.75 Å². The number of aliphatic hydroxyl groups excluding tert-OH is 1. The molecule has 0 heterocycles. The molecule has 0 aromatic heterocycles. The molecule has 6 heteroatoms. The van der Waals surface area contributed by atoms with Gasteiger partial charge < -0.3 is 14.7 Å². The summed E-state index contributed by atoms with van der Waals surface area (Å²) in [6, 6.07) is 5.19. The van der Waals surface area contributed by atoms with Crippen LogP contribution in [0.2, 0.25) is 10.0 Å². The number of aliphatic hydroxyl groups is 1. The Hall–Kier alpha value is -0.970. The molecule has 0 atom stereocenters. The van der Waals surface area contributed by atoms with Crippen LogP contribution in [-0.2, 0) is 4.79 Å². The molecule has 1 N–H and O–H groups in total. The van der Waals surface area contributed by atoms with Gasteiger partial charge in [-0.2, -0.15) is 0 Å². The maximum absolute atomic E-state index is 12.3. The number of amides is 1. The first-order valence-electron chi connectivity index (χ1n) is 7.10. The molecule has 0 radical (unpaired) electrons. The molecule has 1 aromatic carbocycles. The second kappa shape index (κ2) is 7.87. The van der Waals surface area contributed by atoms with E-state index in [9.17, 15) is 4.79 Å². The first-order chi connectivity index (χ1) is 10.1. The van der Waals surface area contributed by atoms with Crippen LogP contribution in [0.1, 0.15) is 25.7 Å². The highest BCUT2D eigenvalue weighted by atomic mass is 35.5. The van der Waals surface area contributed by atoms with Crippen molar-refractivity contribution in [1.82, 2.24) is 4.90 Å². The summed E-state index contributed by atoms with van der Waals surface area (Å²) >= 11 is 11.8. The third-order valence-electron chi connectivity index (χ3n) is 3.64. The minimum Gasteiger partial charge on any atom is -0.482 e. The molecule has 0 spiro atoms. The topological polar surface area (TPSA) is 49.8 Å². The van der Waals surface area contributed by atoms with Crippen LogP contribution in [0.3, 0.4) is 0 Å². The Kier molecular flexibility index (Phi) is 6.15. The van der Waals surface area contributed by atoms with E-state index in [-0.39, 0.29) is 25.2 Å². The maximum atomic E-state index is 12.3. The summed E-state index contributed by atoms with van der Waals surface area (Å²) in [6.45, 7) is 0.599. The van der Waals surface area contributed by atoms with Gasteiger partial charge in [0.2, 0.25) is 0 Å². The highest BCUT2D eigenvalue weighted by Crippen LogP contribution is 2.28.